The SMILES string of the molecule is C=CCNc1nc2ccccc2n1[C@@H]1O[C@H](COC(C)=O)[C@@H](OC(C)=O)[C@H]1OC(C)=O. The molecule has 166 valence electrons. The average Bonchev–Trinajstić information content (AvgIpc) is 3.22. The molecule has 10 heteroatoms. The number of aromatic nitrogens is 2. The molecule has 1 N–H and O–H groups in total. The molecule has 0 spiro atoms. The number of para-hydroxylation sites is 2. The van der Waals surface area contributed by atoms with Gasteiger partial charge in [0.2, 0.25) is 5.95 Å². The molecule has 0 unspecified atom stereocenters. The molecule has 1 aliphatic rings. The molecule has 10 nitrogen and oxygen atoms in total. The van der Waals surface area contributed by atoms with Crippen LogP contribution < -0.4 is 5.32 Å². The Morgan fingerprint density at radius 2 is 1.81 bits per heavy atom. The molecule has 1 aromatic carbocycles. The number of ether oxygens (including phenoxy) is 4. The van der Waals surface area contributed by atoms with E-state index < -0.39 is 42.4 Å². The van der Waals surface area contributed by atoms with Gasteiger partial charge in [0, 0.05) is 27.3 Å². The first-order chi connectivity index (χ1) is 14.8. The Kier molecular flexibility index (Phi) is 6.91. The van der Waals surface area contributed by atoms with Crippen molar-refractivity contribution in [3.8, 4) is 0 Å². The van der Waals surface area contributed by atoms with E-state index in [9.17, 15) is 14.4 Å². The molecule has 1 aromatic heterocycles. The van der Waals surface area contributed by atoms with Gasteiger partial charge in [-0.2, -0.15) is 0 Å². The van der Waals surface area contributed by atoms with Crippen LogP contribution in [-0.4, -0.2) is 58.9 Å². The van der Waals surface area contributed by atoms with E-state index in [0.29, 0.717) is 23.5 Å². The molecule has 4 atom stereocenters. The quantitative estimate of drug-likeness (QED) is 0.380. The van der Waals surface area contributed by atoms with Gasteiger partial charge in [-0.3, -0.25) is 19.0 Å². The summed E-state index contributed by atoms with van der Waals surface area (Å²) in [6.07, 6.45) is -2.06. The zero-order chi connectivity index (χ0) is 22.5. The van der Waals surface area contributed by atoms with Crippen molar-refractivity contribution in [3.63, 3.8) is 0 Å². The third-order valence-corrected chi connectivity index (χ3v) is 4.60. The van der Waals surface area contributed by atoms with Crippen molar-refractivity contribution in [3.05, 3.63) is 36.9 Å². The minimum absolute atomic E-state index is 0.177. The highest BCUT2D eigenvalue weighted by Crippen LogP contribution is 2.38. The van der Waals surface area contributed by atoms with Crippen LogP contribution in [0.5, 0.6) is 0 Å². The second-order valence-corrected chi connectivity index (χ2v) is 6.98. The fraction of sp³-hybridized carbons (Fsp3) is 0.429. The summed E-state index contributed by atoms with van der Waals surface area (Å²) >= 11 is 0. The van der Waals surface area contributed by atoms with Gasteiger partial charge >= 0.3 is 17.9 Å². The number of anilines is 1. The van der Waals surface area contributed by atoms with Crippen molar-refractivity contribution in [2.75, 3.05) is 18.5 Å². The minimum atomic E-state index is -0.996. The Bertz CT molecular complexity index is 987. The normalized spacial score (nSPS) is 22.7. The molecule has 2 aromatic rings. The summed E-state index contributed by atoms with van der Waals surface area (Å²) in [4.78, 5) is 39.6. The van der Waals surface area contributed by atoms with Gasteiger partial charge in [0.15, 0.2) is 18.4 Å². The lowest BCUT2D eigenvalue weighted by atomic mass is 10.1. The molecule has 0 radical (unpaired) electrons. The van der Waals surface area contributed by atoms with Crippen molar-refractivity contribution in [1.29, 1.82) is 0 Å². The van der Waals surface area contributed by atoms with Gasteiger partial charge in [-0.05, 0) is 12.1 Å². The lowest BCUT2D eigenvalue weighted by Gasteiger charge is -2.25. The van der Waals surface area contributed by atoms with Crippen LogP contribution in [0.25, 0.3) is 11.0 Å². The topological polar surface area (TPSA) is 118 Å². The van der Waals surface area contributed by atoms with Crippen molar-refractivity contribution in [2.45, 2.75) is 45.3 Å². The highest BCUT2D eigenvalue weighted by atomic mass is 16.7. The number of hydrogen-bond donors (Lipinski definition) is 1. The molecule has 2 heterocycles. The van der Waals surface area contributed by atoms with Crippen LogP contribution in [0, 0.1) is 0 Å². The van der Waals surface area contributed by atoms with Gasteiger partial charge in [0.1, 0.15) is 12.7 Å². The summed E-state index contributed by atoms with van der Waals surface area (Å²) in [5.74, 6) is -1.22. The van der Waals surface area contributed by atoms with E-state index in [1.54, 1.807) is 10.6 Å². The lowest BCUT2D eigenvalue weighted by molar-refractivity contribution is -0.166. The smallest absolute Gasteiger partial charge is 0.303 e. The minimum Gasteiger partial charge on any atom is -0.463 e. The second-order valence-electron chi connectivity index (χ2n) is 6.98. The predicted octanol–water partition coefficient (Wildman–Crippen LogP) is 1.96. The fourth-order valence-corrected chi connectivity index (χ4v) is 3.49. The molecule has 0 saturated carbocycles. The van der Waals surface area contributed by atoms with E-state index in [1.165, 1.54) is 20.8 Å². The monoisotopic (exact) mass is 431 g/mol. The van der Waals surface area contributed by atoms with E-state index >= 15 is 0 Å². The van der Waals surface area contributed by atoms with Crippen molar-refractivity contribution in [1.82, 2.24) is 9.55 Å². The number of benzene rings is 1. The molecule has 1 fully saturated rings. The number of esters is 3. The highest BCUT2D eigenvalue weighted by molar-refractivity contribution is 5.79. The van der Waals surface area contributed by atoms with E-state index in [-0.39, 0.29) is 6.61 Å². The maximum absolute atomic E-state index is 11.9. The zero-order valence-electron chi connectivity index (χ0n) is 17.6. The van der Waals surface area contributed by atoms with Crippen LogP contribution in [0.1, 0.15) is 27.0 Å². The maximum atomic E-state index is 11.9. The van der Waals surface area contributed by atoms with Crippen LogP contribution in [0.4, 0.5) is 5.95 Å². The van der Waals surface area contributed by atoms with Gasteiger partial charge in [-0.1, -0.05) is 18.2 Å². The first-order valence-electron chi connectivity index (χ1n) is 9.76. The van der Waals surface area contributed by atoms with Gasteiger partial charge < -0.3 is 24.3 Å². The number of carbonyl (C=O) groups excluding carboxylic acids is 3. The third-order valence-electron chi connectivity index (χ3n) is 4.60. The third kappa shape index (κ3) is 5.02. The Labute approximate surface area is 179 Å². The van der Waals surface area contributed by atoms with Crippen LogP contribution >= 0.6 is 0 Å². The summed E-state index contributed by atoms with van der Waals surface area (Å²) in [6.45, 7) is 7.71. The first kappa shape index (κ1) is 22.3. The number of hydrogen-bond acceptors (Lipinski definition) is 9. The molecule has 1 aliphatic heterocycles. The van der Waals surface area contributed by atoms with E-state index in [1.807, 2.05) is 24.3 Å². The van der Waals surface area contributed by atoms with Crippen LogP contribution in [0.2, 0.25) is 0 Å². The molecule has 0 aliphatic carbocycles. The largest absolute Gasteiger partial charge is 0.463 e. The number of nitrogens with one attached hydrogen (secondary N) is 1. The van der Waals surface area contributed by atoms with E-state index in [2.05, 4.69) is 16.9 Å². The van der Waals surface area contributed by atoms with Crippen LogP contribution in [0.15, 0.2) is 36.9 Å². The Morgan fingerprint density at radius 3 is 2.45 bits per heavy atom. The maximum Gasteiger partial charge on any atom is 0.303 e. The average molecular weight is 431 g/mol. The number of nitrogens with zero attached hydrogens (tertiary/aromatic N) is 2. The Morgan fingerprint density at radius 1 is 1.13 bits per heavy atom. The highest BCUT2D eigenvalue weighted by Gasteiger charge is 2.51. The van der Waals surface area contributed by atoms with Crippen molar-refractivity contribution in [2.24, 2.45) is 0 Å². The van der Waals surface area contributed by atoms with Crippen molar-refractivity contribution >= 4 is 34.9 Å². The molecule has 1 saturated heterocycles. The number of rotatable bonds is 8. The lowest BCUT2D eigenvalue weighted by Crippen LogP contribution is -2.40. The standard InChI is InChI=1S/C21H25N3O7/c1-5-10-22-21-23-15-8-6-7-9-16(15)24(21)20-19(30-14(4)27)18(29-13(3)26)17(31-20)11-28-12(2)25/h5-9,17-20H,1,10-11H2,2-4H3,(H,22,23)/t17-,18-,19-,20-/m1/s1. The molecule has 31 heavy (non-hydrogen) atoms. The molecular weight excluding hydrogens is 406 g/mol. The van der Waals surface area contributed by atoms with Crippen LogP contribution in [-0.2, 0) is 33.3 Å². The molecule has 0 bridgehead atoms. The number of imidazole rings is 1. The number of carbonyl (C=O) groups is 3. The van der Waals surface area contributed by atoms with Crippen molar-refractivity contribution < 1.29 is 33.3 Å². The van der Waals surface area contributed by atoms with E-state index in [4.69, 9.17) is 18.9 Å². The van der Waals surface area contributed by atoms with Gasteiger partial charge in [0.25, 0.3) is 0 Å². The van der Waals surface area contributed by atoms with Gasteiger partial charge in [-0.25, -0.2) is 4.98 Å². The summed E-state index contributed by atoms with van der Waals surface area (Å²) in [5, 5.41) is 3.14. The molecule has 0 amide bonds. The van der Waals surface area contributed by atoms with Crippen LogP contribution in [0.3, 0.4) is 0 Å². The Balaban J connectivity index is 2.08. The molecule has 3 rings (SSSR count). The van der Waals surface area contributed by atoms with Gasteiger partial charge in [-0.15, -0.1) is 6.58 Å². The summed E-state index contributed by atoms with van der Waals surface area (Å²) in [6, 6.07) is 7.37. The number of fused-ring (bicyclic) bond motifs is 1. The van der Waals surface area contributed by atoms with E-state index in [0.717, 1.165) is 0 Å². The first-order valence-corrected chi connectivity index (χ1v) is 9.76. The molecular formula is C21H25N3O7. The van der Waals surface area contributed by atoms with Gasteiger partial charge in [0.05, 0.1) is 11.0 Å². The predicted molar refractivity (Wildman–Crippen MR) is 110 cm³/mol. The fourth-order valence-electron chi connectivity index (χ4n) is 3.49. The Hall–Kier alpha value is -3.40. The summed E-state index contributed by atoms with van der Waals surface area (Å²) < 4.78 is 23.9. The summed E-state index contributed by atoms with van der Waals surface area (Å²) in [5.41, 5.74) is 1.40. The second kappa shape index (κ2) is 9.61. The zero-order valence-corrected chi connectivity index (χ0v) is 17.6. The summed E-state index contributed by atoms with van der Waals surface area (Å²) in [7, 11) is 0.